The number of halogens is 1. The molecule has 0 aliphatic rings. The van der Waals surface area contributed by atoms with Crippen molar-refractivity contribution >= 4 is 5.97 Å². The fraction of sp³-hybridized carbons (Fsp3) is 0.308. The molecular formula is C13H15FO2. The van der Waals surface area contributed by atoms with Crippen molar-refractivity contribution in [1.82, 2.24) is 0 Å². The van der Waals surface area contributed by atoms with E-state index in [0.29, 0.717) is 6.61 Å². The monoisotopic (exact) mass is 222 g/mol. The predicted octanol–water partition coefficient (Wildman–Crippen LogP) is 2.88. The maximum absolute atomic E-state index is 12.6. The van der Waals surface area contributed by atoms with Crippen LogP contribution in [0.4, 0.5) is 4.39 Å². The number of hydrogen-bond acceptors (Lipinski definition) is 2. The molecule has 2 nitrogen and oxygen atoms in total. The first kappa shape index (κ1) is 12.4. The van der Waals surface area contributed by atoms with E-state index in [-0.39, 0.29) is 11.8 Å². The van der Waals surface area contributed by atoms with Crippen molar-refractivity contribution < 1.29 is 13.9 Å². The van der Waals surface area contributed by atoms with Crippen molar-refractivity contribution in [2.75, 3.05) is 6.61 Å². The SMILES string of the molecule is CCOC(=O)/C=C/CCc1ccc(F)cc1. The molecule has 0 aromatic heterocycles. The van der Waals surface area contributed by atoms with E-state index in [9.17, 15) is 9.18 Å². The van der Waals surface area contributed by atoms with Gasteiger partial charge in [0.1, 0.15) is 5.82 Å². The second kappa shape index (κ2) is 6.77. The zero-order valence-electron chi connectivity index (χ0n) is 9.28. The molecule has 0 heterocycles. The zero-order chi connectivity index (χ0) is 11.8. The molecule has 0 spiro atoms. The number of carbonyl (C=O) groups is 1. The molecule has 0 amide bonds. The molecule has 0 fully saturated rings. The van der Waals surface area contributed by atoms with Crippen LogP contribution in [0.1, 0.15) is 18.9 Å². The third-order valence-corrected chi connectivity index (χ3v) is 2.05. The quantitative estimate of drug-likeness (QED) is 0.565. The maximum Gasteiger partial charge on any atom is 0.330 e. The summed E-state index contributed by atoms with van der Waals surface area (Å²) in [6.45, 7) is 2.16. The van der Waals surface area contributed by atoms with Gasteiger partial charge in [-0.25, -0.2) is 9.18 Å². The highest BCUT2D eigenvalue weighted by Gasteiger charge is 1.94. The Morgan fingerprint density at radius 2 is 2.06 bits per heavy atom. The fourth-order valence-corrected chi connectivity index (χ4v) is 1.27. The van der Waals surface area contributed by atoms with Crippen LogP contribution in [0.2, 0.25) is 0 Å². The summed E-state index contributed by atoms with van der Waals surface area (Å²) >= 11 is 0. The molecule has 0 aliphatic carbocycles. The van der Waals surface area contributed by atoms with E-state index in [1.54, 1.807) is 25.1 Å². The molecule has 1 aromatic carbocycles. The molecule has 86 valence electrons. The largest absolute Gasteiger partial charge is 0.463 e. The standard InChI is InChI=1S/C13H15FO2/c1-2-16-13(15)6-4-3-5-11-7-9-12(14)10-8-11/h4,6-10H,2-3,5H2,1H3/b6-4+. The van der Waals surface area contributed by atoms with Gasteiger partial charge in [0.2, 0.25) is 0 Å². The van der Waals surface area contributed by atoms with Gasteiger partial charge in [0, 0.05) is 6.08 Å². The second-order valence-electron chi connectivity index (χ2n) is 3.32. The lowest BCUT2D eigenvalue weighted by Gasteiger charge is -1.98. The number of aryl methyl sites for hydroxylation is 1. The molecule has 0 bridgehead atoms. The van der Waals surface area contributed by atoms with Gasteiger partial charge in [0.25, 0.3) is 0 Å². The minimum Gasteiger partial charge on any atom is -0.463 e. The first-order valence-electron chi connectivity index (χ1n) is 5.30. The van der Waals surface area contributed by atoms with Gasteiger partial charge in [-0.1, -0.05) is 18.2 Å². The number of ether oxygens (including phenoxy) is 1. The molecule has 0 unspecified atom stereocenters. The van der Waals surface area contributed by atoms with E-state index in [4.69, 9.17) is 4.74 Å². The van der Waals surface area contributed by atoms with Crippen molar-refractivity contribution in [3.05, 3.63) is 47.8 Å². The number of benzene rings is 1. The summed E-state index contributed by atoms with van der Waals surface area (Å²) in [6, 6.07) is 6.36. The minimum atomic E-state index is -0.318. The van der Waals surface area contributed by atoms with Crippen LogP contribution >= 0.6 is 0 Å². The summed E-state index contributed by atoms with van der Waals surface area (Å²) in [5, 5.41) is 0. The Kier molecular flexibility index (Phi) is 5.26. The molecular weight excluding hydrogens is 207 g/mol. The van der Waals surface area contributed by atoms with Crippen molar-refractivity contribution in [2.24, 2.45) is 0 Å². The van der Waals surface area contributed by atoms with Gasteiger partial charge in [0.05, 0.1) is 6.61 Å². The molecule has 16 heavy (non-hydrogen) atoms. The van der Waals surface area contributed by atoms with Crippen LogP contribution in [0, 0.1) is 5.82 Å². The Morgan fingerprint density at radius 3 is 2.69 bits per heavy atom. The summed E-state index contributed by atoms with van der Waals surface area (Å²) < 4.78 is 17.3. The molecule has 0 N–H and O–H groups in total. The molecule has 0 aliphatic heterocycles. The van der Waals surface area contributed by atoms with E-state index >= 15 is 0 Å². The zero-order valence-corrected chi connectivity index (χ0v) is 9.28. The Bertz CT molecular complexity index is 355. The lowest BCUT2D eigenvalue weighted by Crippen LogP contribution is -1.98. The Morgan fingerprint density at radius 1 is 1.38 bits per heavy atom. The van der Waals surface area contributed by atoms with Crippen molar-refractivity contribution in [3.8, 4) is 0 Å². The predicted molar refractivity (Wildman–Crippen MR) is 60.5 cm³/mol. The molecule has 3 heteroatoms. The maximum atomic E-state index is 12.6. The number of hydrogen-bond donors (Lipinski definition) is 0. The normalized spacial score (nSPS) is 10.6. The molecule has 1 aromatic rings. The lowest BCUT2D eigenvalue weighted by molar-refractivity contribution is -0.137. The number of allylic oxidation sites excluding steroid dienone is 1. The van der Waals surface area contributed by atoms with Gasteiger partial charge in [0.15, 0.2) is 0 Å². The highest BCUT2D eigenvalue weighted by Crippen LogP contribution is 2.05. The second-order valence-corrected chi connectivity index (χ2v) is 3.32. The molecule has 1 rings (SSSR count). The van der Waals surface area contributed by atoms with Crippen molar-refractivity contribution in [2.45, 2.75) is 19.8 Å². The highest BCUT2D eigenvalue weighted by molar-refractivity contribution is 5.81. The molecule has 0 saturated heterocycles. The topological polar surface area (TPSA) is 26.3 Å². The summed E-state index contributed by atoms with van der Waals surface area (Å²) in [5.41, 5.74) is 1.05. The fourth-order valence-electron chi connectivity index (χ4n) is 1.27. The Labute approximate surface area is 94.7 Å². The number of esters is 1. The summed E-state index contributed by atoms with van der Waals surface area (Å²) in [7, 11) is 0. The minimum absolute atomic E-state index is 0.231. The average Bonchev–Trinajstić information content (AvgIpc) is 2.27. The third-order valence-electron chi connectivity index (χ3n) is 2.05. The van der Waals surface area contributed by atoms with Crippen LogP contribution < -0.4 is 0 Å². The van der Waals surface area contributed by atoms with Crippen LogP contribution in [0.25, 0.3) is 0 Å². The summed E-state index contributed by atoms with van der Waals surface area (Å²) in [5.74, 6) is -0.549. The summed E-state index contributed by atoms with van der Waals surface area (Å²) in [6.07, 6.45) is 4.72. The van der Waals surface area contributed by atoms with Crippen LogP contribution in [-0.4, -0.2) is 12.6 Å². The Hall–Kier alpha value is -1.64. The van der Waals surface area contributed by atoms with Crippen LogP contribution in [0.3, 0.4) is 0 Å². The summed E-state index contributed by atoms with van der Waals surface area (Å²) in [4.78, 5) is 10.9. The average molecular weight is 222 g/mol. The van der Waals surface area contributed by atoms with E-state index < -0.39 is 0 Å². The first-order valence-corrected chi connectivity index (χ1v) is 5.30. The van der Waals surface area contributed by atoms with Gasteiger partial charge in [-0.05, 0) is 37.5 Å². The van der Waals surface area contributed by atoms with Crippen molar-refractivity contribution in [1.29, 1.82) is 0 Å². The number of rotatable bonds is 5. The Balaban J connectivity index is 2.30. The van der Waals surface area contributed by atoms with Gasteiger partial charge in [-0.15, -0.1) is 0 Å². The van der Waals surface area contributed by atoms with Crippen LogP contribution in [-0.2, 0) is 16.0 Å². The molecule has 0 saturated carbocycles. The van der Waals surface area contributed by atoms with E-state index in [1.807, 2.05) is 0 Å². The third kappa shape index (κ3) is 4.73. The first-order chi connectivity index (χ1) is 7.72. The highest BCUT2D eigenvalue weighted by atomic mass is 19.1. The van der Waals surface area contributed by atoms with Crippen molar-refractivity contribution in [3.63, 3.8) is 0 Å². The van der Waals surface area contributed by atoms with Gasteiger partial charge in [-0.3, -0.25) is 0 Å². The molecule has 0 radical (unpaired) electrons. The van der Waals surface area contributed by atoms with Crippen LogP contribution in [0.15, 0.2) is 36.4 Å². The van der Waals surface area contributed by atoms with E-state index in [1.165, 1.54) is 18.2 Å². The smallest absolute Gasteiger partial charge is 0.330 e. The van der Waals surface area contributed by atoms with E-state index in [2.05, 4.69) is 0 Å². The van der Waals surface area contributed by atoms with Gasteiger partial charge in [-0.2, -0.15) is 0 Å². The van der Waals surface area contributed by atoms with E-state index in [0.717, 1.165) is 18.4 Å². The molecule has 0 atom stereocenters. The van der Waals surface area contributed by atoms with Crippen LogP contribution in [0.5, 0.6) is 0 Å². The lowest BCUT2D eigenvalue weighted by atomic mass is 10.1. The van der Waals surface area contributed by atoms with Gasteiger partial charge < -0.3 is 4.74 Å². The van der Waals surface area contributed by atoms with Gasteiger partial charge >= 0.3 is 5.97 Å². The number of carbonyl (C=O) groups excluding carboxylic acids is 1.